The number of ether oxygens (including phenoxy) is 1. The van der Waals surface area contributed by atoms with Crippen molar-refractivity contribution in [2.45, 2.75) is 13.2 Å². The minimum atomic E-state index is -0.371. The Hall–Kier alpha value is -1.98. The second-order valence-corrected chi connectivity index (χ2v) is 5.89. The number of methoxy groups -OCH3 is 1. The molecule has 0 aliphatic rings. The lowest BCUT2D eigenvalue weighted by atomic mass is 10.1. The van der Waals surface area contributed by atoms with Crippen LogP contribution >= 0.6 is 15.9 Å². The molecular formula is C18H17BrFNO2. The van der Waals surface area contributed by atoms with E-state index < -0.39 is 0 Å². The van der Waals surface area contributed by atoms with Crippen molar-refractivity contribution >= 4 is 27.9 Å². The Balaban J connectivity index is 1.93. The summed E-state index contributed by atoms with van der Waals surface area (Å²) in [7, 11) is 1.64. The molecule has 0 saturated heterocycles. The van der Waals surface area contributed by atoms with E-state index in [1.165, 1.54) is 18.2 Å². The van der Waals surface area contributed by atoms with Crippen LogP contribution in [0, 0.1) is 5.82 Å². The number of hydrogen-bond donors (Lipinski definition) is 1. The van der Waals surface area contributed by atoms with E-state index in [1.54, 1.807) is 19.2 Å². The van der Waals surface area contributed by atoms with Crippen molar-refractivity contribution in [2.75, 3.05) is 7.11 Å². The maximum atomic E-state index is 13.6. The first kappa shape index (κ1) is 17.4. The number of rotatable bonds is 6. The molecule has 0 aliphatic carbocycles. The normalized spacial score (nSPS) is 10.9. The molecule has 0 unspecified atom stereocenters. The molecule has 5 heteroatoms. The minimum absolute atomic E-state index is 0.276. The number of amides is 1. The van der Waals surface area contributed by atoms with Gasteiger partial charge in [-0.25, -0.2) is 4.39 Å². The Labute approximate surface area is 143 Å². The molecule has 0 spiro atoms. The fourth-order valence-electron chi connectivity index (χ4n) is 2.05. The van der Waals surface area contributed by atoms with Crippen LogP contribution in [-0.2, 0) is 22.7 Å². The molecule has 0 saturated carbocycles. The number of carbonyl (C=O) groups is 1. The van der Waals surface area contributed by atoms with Gasteiger partial charge in [0.1, 0.15) is 5.82 Å². The number of carbonyl (C=O) groups excluding carboxylic acids is 1. The minimum Gasteiger partial charge on any atom is -0.380 e. The topological polar surface area (TPSA) is 38.3 Å². The summed E-state index contributed by atoms with van der Waals surface area (Å²) in [5.41, 5.74) is 2.39. The van der Waals surface area contributed by atoms with Crippen molar-refractivity contribution in [3.05, 3.63) is 75.5 Å². The van der Waals surface area contributed by atoms with Crippen LogP contribution in [0.3, 0.4) is 0 Å². The van der Waals surface area contributed by atoms with Crippen molar-refractivity contribution < 1.29 is 13.9 Å². The summed E-state index contributed by atoms with van der Waals surface area (Å²) in [4.78, 5) is 11.8. The van der Waals surface area contributed by atoms with Crippen molar-refractivity contribution in [3.63, 3.8) is 0 Å². The Bertz CT molecular complexity index is 716. The third-order valence-electron chi connectivity index (χ3n) is 3.14. The SMILES string of the molecule is COCc1cccc(CNC(=O)C=Cc2cc(Br)ccc2F)c1. The molecule has 0 fully saturated rings. The van der Waals surface area contributed by atoms with Gasteiger partial charge in [-0.2, -0.15) is 0 Å². The molecule has 1 amide bonds. The fourth-order valence-corrected chi connectivity index (χ4v) is 2.43. The number of nitrogens with one attached hydrogen (secondary N) is 1. The van der Waals surface area contributed by atoms with Crippen LogP contribution in [-0.4, -0.2) is 13.0 Å². The van der Waals surface area contributed by atoms with Crippen molar-refractivity contribution in [1.29, 1.82) is 0 Å². The predicted octanol–water partition coefficient (Wildman–Crippen LogP) is 4.06. The number of hydrogen-bond acceptors (Lipinski definition) is 2. The molecule has 3 nitrogen and oxygen atoms in total. The Morgan fingerprint density at radius 1 is 1.26 bits per heavy atom. The second kappa shape index (κ2) is 8.60. The summed E-state index contributed by atoms with van der Waals surface area (Å²) in [6, 6.07) is 12.4. The lowest BCUT2D eigenvalue weighted by Crippen LogP contribution is -2.20. The van der Waals surface area contributed by atoms with Gasteiger partial charge in [0, 0.05) is 29.8 Å². The highest BCUT2D eigenvalue weighted by Crippen LogP contribution is 2.16. The van der Waals surface area contributed by atoms with E-state index in [1.807, 2.05) is 24.3 Å². The van der Waals surface area contributed by atoms with Crippen LogP contribution in [0.1, 0.15) is 16.7 Å². The first-order valence-corrected chi connectivity index (χ1v) is 7.85. The van der Waals surface area contributed by atoms with E-state index in [4.69, 9.17) is 4.74 Å². The third kappa shape index (κ3) is 5.62. The molecule has 1 N–H and O–H groups in total. The third-order valence-corrected chi connectivity index (χ3v) is 3.63. The van der Waals surface area contributed by atoms with E-state index in [0.717, 1.165) is 15.6 Å². The van der Waals surface area contributed by atoms with Gasteiger partial charge in [-0.05, 0) is 35.4 Å². The highest BCUT2D eigenvalue weighted by Gasteiger charge is 2.02. The molecule has 0 aromatic heterocycles. The average molecular weight is 378 g/mol. The first-order chi connectivity index (χ1) is 11.1. The van der Waals surface area contributed by atoms with Gasteiger partial charge in [0.25, 0.3) is 0 Å². The molecule has 0 heterocycles. The van der Waals surface area contributed by atoms with Gasteiger partial charge in [-0.15, -0.1) is 0 Å². The Kier molecular flexibility index (Phi) is 6.50. The zero-order valence-corrected chi connectivity index (χ0v) is 14.3. The largest absolute Gasteiger partial charge is 0.380 e. The van der Waals surface area contributed by atoms with E-state index in [0.29, 0.717) is 18.7 Å². The summed E-state index contributed by atoms with van der Waals surface area (Å²) in [6.07, 6.45) is 2.78. The average Bonchev–Trinajstić information content (AvgIpc) is 2.54. The molecular weight excluding hydrogens is 361 g/mol. The van der Waals surface area contributed by atoms with E-state index in [2.05, 4.69) is 21.2 Å². The summed E-state index contributed by atoms with van der Waals surface area (Å²) >= 11 is 3.27. The number of halogens is 2. The zero-order valence-electron chi connectivity index (χ0n) is 12.7. The molecule has 2 aromatic carbocycles. The molecule has 2 rings (SSSR count). The van der Waals surface area contributed by atoms with Crippen LogP contribution in [0.5, 0.6) is 0 Å². The first-order valence-electron chi connectivity index (χ1n) is 7.06. The van der Waals surface area contributed by atoms with Crippen molar-refractivity contribution in [3.8, 4) is 0 Å². The standard InChI is InChI=1S/C18H17BrFNO2/c1-23-12-14-4-2-3-13(9-14)11-21-18(22)8-5-15-10-16(19)6-7-17(15)20/h2-10H,11-12H2,1H3,(H,21,22). The van der Waals surface area contributed by atoms with Crippen LogP contribution in [0.4, 0.5) is 4.39 Å². The van der Waals surface area contributed by atoms with Crippen LogP contribution < -0.4 is 5.32 Å². The summed E-state index contributed by atoms with van der Waals surface area (Å²) in [5.74, 6) is -0.647. The molecule has 0 radical (unpaired) electrons. The monoisotopic (exact) mass is 377 g/mol. The van der Waals surface area contributed by atoms with Gasteiger partial charge in [0.2, 0.25) is 5.91 Å². The highest BCUT2D eigenvalue weighted by atomic mass is 79.9. The quantitative estimate of drug-likeness (QED) is 0.770. The van der Waals surface area contributed by atoms with Crippen LogP contribution in [0.15, 0.2) is 53.0 Å². The van der Waals surface area contributed by atoms with E-state index >= 15 is 0 Å². The highest BCUT2D eigenvalue weighted by molar-refractivity contribution is 9.10. The predicted molar refractivity (Wildman–Crippen MR) is 92.1 cm³/mol. The smallest absolute Gasteiger partial charge is 0.244 e. The maximum Gasteiger partial charge on any atom is 0.244 e. The molecule has 2 aromatic rings. The van der Waals surface area contributed by atoms with E-state index in [9.17, 15) is 9.18 Å². The summed E-state index contributed by atoms with van der Waals surface area (Å²) < 4.78 is 19.4. The zero-order chi connectivity index (χ0) is 16.7. The van der Waals surface area contributed by atoms with Gasteiger partial charge >= 0.3 is 0 Å². The second-order valence-electron chi connectivity index (χ2n) is 4.97. The number of benzene rings is 2. The maximum absolute atomic E-state index is 13.6. The van der Waals surface area contributed by atoms with Gasteiger partial charge in [-0.1, -0.05) is 40.2 Å². The molecule has 0 atom stereocenters. The van der Waals surface area contributed by atoms with Crippen LogP contribution in [0.25, 0.3) is 6.08 Å². The lowest BCUT2D eigenvalue weighted by Gasteiger charge is -2.05. The summed E-state index contributed by atoms with van der Waals surface area (Å²) in [6.45, 7) is 0.936. The Morgan fingerprint density at radius 3 is 2.83 bits per heavy atom. The lowest BCUT2D eigenvalue weighted by molar-refractivity contribution is -0.116. The van der Waals surface area contributed by atoms with Gasteiger partial charge in [0.05, 0.1) is 6.61 Å². The van der Waals surface area contributed by atoms with Gasteiger partial charge < -0.3 is 10.1 Å². The van der Waals surface area contributed by atoms with Crippen LogP contribution in [0.2, 0.25) is 0 Å². The fraction of sp³-hybridized carbons (Fsp3) is 0.167. The van der Waals surface area contributed by atoms with Gasteiger partial charge in [0.15, 0.2) is 0 Å². The van der Waals surface area contributed by atoms with Crippen molar-refractivity contribution in [2.24, 2.45) is 0 Å². The van der Waals surface area contributed by atoms with Crippen molar-refractivity contribution in [1.82, 2.24) is 5.32 Å². The summed E-state index contributed by atoms with van der Waals surface area (Å²) in [5, 5.41) is 2.77. The van der Waals surface area contributed by atoms with Gasteiger partial charge in [-0.3, -0.25) is 4.79 Å². The van der Waals surface area contributed by atoms with E-state index in [-0.39, 0.29) is 11.7 Å². The molecule has 0 aliphatic heterocycles. The molecule has 23 heavy (non-hydrogen) atoms. The molecule has 0 bridgehead atoms. The Morgan fingerprint density at radius 2 is 2.04 bits per heavy atom. The molecule has 120 valence electrons.